The fourth-order valence-corrected chi connectivity index (χ4v) is 4.00. The lowest BCUT2D eigenvalue weighted by molar-refractivity contribution is -0.136. The van der Waals surface area contributed by atoms with E-state index in [1.54, 1.807) is 17.3 Å². The molecule has 8 heteroatoms. The molecule has 1 saturated heterocycles. The molecule has 1 aliphatic rings. The molecular formula is C25H29N5O3. The highest BCUT2D eigenvalue weighted by Gasteiger charge is 2.28. The van der Waals surface area contributed by atoms with Crippen LogP contribution in [0.1, 0.15) is 30.7 Å². The van der Waals surface area contributed by atoms with Crippen molar-refractivity contribution in [3.05, 3.63) is 72.4 Å². The highest BCUT2D eigenvalue weighted by molar-refractivity contribution is 5.81. The molecule has 33 heavy (non-hydrogen) atoms. The Morgan fingerprint density at radius 2 is 2.00 bits per heavy atom. The minimum atomic E-state index is -0.199. The van der Waals surface area contributed by atoms with Gasteiger partial charge in [-0.3, -0.25) is 14.2 Å². The van der Waals surface area contributed by atoms with Crippen LogP contribution in [0.5, 0.6) is 5.75 Å². The molecule has 2 aromatic heterocycles. The summed E-state index contributed by atoms with van der Waals surface area (Å²) in [6.07, 6.45) is 7.23. The lowest BCUT2D eigenvalue weighted by Gasteiger charge is -2.32. The summed E-state index contributed by atoms with van der Waals surface area (Å²) in [6.45, 7) is 3.80. The number of likely N-dealkylation sites (tertiary alicyclic amines) is 1. The van der Waals surface area contributed by atoms with E-state index in [9.17, 15) is 9.59 Å². The maximum absolute atomic E-state index is 12.8. The predicted molar refractivity (Wildman–Crippen MR) is 124 cm³/mol. The minimum absolute atomic E-state index is 0.0230. The van der Waals surface area contributed by atoms with Crippen LogP contribution in [0.2, 0.25) is 0 Å². The molecular weight excluding hydrogens is 418 g/mol. The zero-order chi connectivity index (χ0) is 23.0. The van der Waals surface area contributed by atoms with Crippen molar-refractivity contribution in [1.29, 1.82) is 0 Å². The van der Waals surface area contributed by atoms with E-state index in [0.717, 1.165) is 35.8 Å². The van der Waals surface area contributed by atoms with Crippen LogP contribution < -0.4 is 10.1 Å². The van der Waals surface area contributed by atoms with Gasteiger partial charge < -0.3 is 15.0 Å². The van der Waals surface area contributed by atoms with E-state index in [2.05, 4.69) is 15.3 Å². The number of aryl methyl sites for hydroxylation is 1. The van der Waals surface area contributed by atoms with Crippen molar-refractivity contribution in [2.45, 2.75) is 32.7 Å². The third-order valence-electron chi connectivity index (χ3n) is 5.82. The molecule has 0 saturated carbocycles. The third-order valence-corrected chi connectivity index (χ3v) is 5.82. The van der Waals surface area contributed by atoms with Crippen molar-refractivity contribution >= 4 is 11.8 Å². The number of hydrogen-bond donors (Lipinski definition) is 1. The number of piperidine rings is 1. The Labute approximate surface area is 193 Å². The summed E-state index contributed by atoms with van der Waals surface area (Å²) in [5.41, 5.74) is 0.961. The Balaban J connectivity index is 1.25. The van der Waals surface area contributed by atoms with Crippen LogP contribution in [-0.2, 0) is 16.1 Å². The largest absolute Gasteiger partial charge is 0.493 e. The molecule has 0 aliphatic carbocycles. The minimum Gasteiger partial charge on any atom is -0.493 e. The van der Waals surface area contributed by atoms with Crippen LogP contribution >= 0.6 is 0 Å². The third kappa shape index (κ3) is 5.97. The molecule has 3 aromatic rings. The maximum atomic E-state index is 12.8. The summed E-state index contributed by atoms with van der Waals surface area (Å²) in [4.78, 5) is 35.8. The molecule has 0 radical (unpaired) electrons. The Morgan fingerprint density at radius 3 is 2.79 bits per heavy atom. The summed E-state index contributed by atoms with van der Waals surface area (Å²) in [5.74, 6) is 2.18. The first-order valence-corrected chi connectivity index (χ1v) is 11.3. The van der Waals surface area contributed by atoms with Crippen molar-refractivity contribution < 1.29 is 14.3 Å². The van der Waals surface area contributed by atoms with Gasteiger partial charge in [-0.2, -0.15) is 0 Å². The summed E-state index contributed by atoms with van der Waals surface area (Å²) in [7, 11) is 0. The molecule has 1 unspecified atom stereocenters. The number of pyridine rings is 1. The zero-order valence-electron chi connectivity index (χ0n) is 18.8. The van der Waals surface area contributed by atoms with Crippen molar-refractivity contribution in [2.24, 2.45) is 5.92 Å². The van der Waals surface area contributed by atoms with Gasteiger partial charge in [0.25, 0.3) is 0 Å². The first kappa shape index (κ1) is 22.5. The van der Waals surface area contributed by atoms with E-state index in [1.165, 1.54) is 0 Å². The highest BCUT2D eigenvalue weighted by Crippen LogP contribution is 2.18. The number of rotatable bonds is 8. The Kier molecular flexibility index (Phi) is 7.34. The molecule has 2 amide bonds. The fraction of sp³-hybridized carbons (Fsp3) is 0.360. The van der Waals surface area contributed by atoms with Gasteiger partial charge in [-0.05, 0) is 49.6 Å². The molecule has 8 nitrogen and oxygen atoms in total. The summed E-state index contributed by atoms with van der Waals surface area (Å²) >= 11 is 0. The van der Waals surface area contributed by atoms with Gasteiger partial charge in [0.05, 0.1) is 18.9 Å². The molecule has 1 aromatic carbocycles. The first-order valence-electron chi connectivity index (χ1n) is 11.3. The smallest absolute Gasteiger partial charge is 0.226 e. The average molecular weight is 448 g/mol. The van der Waals surface area contributed by atoms with E-state index in [1.807, 2.05) is 60.2 Å². The van der Waals surface area contributed by atoms with Gasteiger partial charge in [-0.25, -0.2) is 9.97 Å². The average Bonchev–Trinajstić information content (AvgIpc) is 3.29. The van der Waals surface area contributed by atoms with Crippen molar-refractivity contribution in [3.8, 4) is 11.6 Å². The number of amides is 2. The first-order chi connectivity index (χ1) is 16.1. The van der Waals surface area contributed by atoms with E-state index < -0.39 is 0 Å². The van der Waals surface area contributed by atoms with Crippen molar-refractivity contribution in [1.82, 2.24) is 24.8 Å². The number of benzene rings is 1. The normalized spacial score (nSPS) is 15.8. The topological polar surface area (TPSA) is 89.4 Å². The van der Waals surface area contributed by atoms with Gasteiger partial charge in [-0.1, -0.05) is 18.2 Å². The predicted octanol–water partition coefficient (Wildman–Crippen LogP) is 2.90. The van der Waals surface area contributed by atoms with Gasteiger partial charge in [-0.15, -0.1) is 0 Å². The molecule has 1 aliphatic heterocycles. The van der Waals surface area contributed by atoms with Crippen molar-refractivity contribution in [2.75, 3.05) is 19.7 Å². The monoisotopic (exact) mass is 447 g/mol. The van der Waals surface area contributed by atoms with Crippen LogP contribution in [0.4, 0.5) is 0 Å². The van der Waals surface area contributed by atoms with E-state index in [0.29, 0.717) is 32.7 Å². The standard InChI is InChI=1S/C25H29N5O3/c1-19-26-12-14-30(19)23-16-20(9-11-27-23)17-28-25(32)21-6-5-13-29(18-21)24(31)10-15-33-22-7-3-2-4-8-22/h2-4,7-9,11-12,14,16,21H,5-6,10,13,15,17-18H2,1H3,(H,28,32). The van der Waals surface area contributed by atoms with Crippen LogP contribution in [0.15, 0.2) is 61.1 Å². The number of aromatic nitrogens is 3. The Morgan fingerprint density at radius 1 is 1.15 bits per heavy atom. The molecule has 1 N–H and O–H groups in total. The zero-order valence-corrected chi connectivity index (χ0v) is 18.8. The maximum Gasteiger partial charge on any atom is 0.226 e. The SMILES string of the molecule is Cc1nccn1-c1cc(CNC(=O)C2CCCN(C(=O)CCOc3ccccc3)C2)ccn1. The number of hydrogen-bond acceptors (Lipinski definition) is 5. The van der Waals surface area contributed by atoms with Gasteiger partial charge >= 0.3 is 0 Å². The summed E-state index contributed by atoms with van der Waals surface area (Å²) < 4.78 is 7.54. The van der Waals surface area contributed by atoms with Gasteiger partial charge in [0, 0.05) is 38.2 Å². The molecule has 0 bridgehead atoms. The number of ether oxygens (including phenoxy) is 1. The second-order valence-corrected chi connectivity index (χ2v) is 8.17. The number of imidazole rings is 1. The second kappa shape index (κ2) is 10.8. The lowest BCUT2D eigenvalue weighted by atomic mass is 9.96. The molecule has 1 atom stereocenters. The van der Waals surface area contributed by atoms with E-state index in [-0.39, 0.29) is 17.7 Å². The van der Waals surface area contributed by atoms with Crippen LogP contribution in [0.3, 0.4) is 0 Å². The highest BCUT2D eigenvalue weighted by atomic mass is 16.5. The van der Waals surface area contributed by atoms with Crippen LogP contribution in [-0.4, -0.2) is 50.9 Å². The quantitative estimate of drug-likeness (QED) is 0.574. The molecule has 0 spiro atoms. The number of para-hydroxylation sites is 1. The number of carbonyl (C=O) groups excluding carboxylic acids is 2. The molecule has 172 valence electrons. The fourth-order valence-electron chi connectivity index (χ4n) is 4.00. The van der Waals surface area contributed by atoms with Crippen LogP contribution in [0, 0.1) is 12.8 Å². The Hall–Kier alpha value is -3.68. The van der Waals surface area contributed by atoms with Gasteiger partial charge in [0.2, 0.25) is 11.8 Å². The summed E-state index contributed by atoms with van der Waals surface area (Å²) in [5, 5.41) is 3.03. The van der Waals surface area contributed by atoms with Crippen LogP contribution in [0.25, 0.3) is 5.82 Å². The molecule has 4 rings (SSSR count). The molecule has 1 fully saturated rings. The molecule has 3 heterocycles. The van der Waals surface area contributed by atoms with Gasteiger partial charge in [0.15, 0.2) is 0 Å². The number of nitrogens with one attached hydrogen (secondary N) is 1. The lowest BCUT2D eigenvalue weighted by Crippen LogP contribution is -2.45. The second-order valence-electron chi connectivity index (χ2n) is 8.17. The number of nitrogens with zero attached hydrogens (tertiary/aromatic N) is 4. The summed E-state index contributed by atoms with van der Waals surface area (Å²) in [6, 6.07) is 13.3. The van der Waals surface area contributed by atoms with Gasteiger partial charge in [0.1, 0.15) is 17.4 Å². The van der Waals surface area contributed by atoms with E-state index >= 15 is 0 Å². The Bertz CT molecular complexity index is 1080. The van der Waals surface area contributed by atoms with Crippen molar-refractivity contribution in [3.63, 3.8) is 0 Å². The van der Waals surface area contributed by atoms with E-state index in [4.69, 9.17) is 4.74 Å². The number of carbonyl (C=O) groups is 2.